The molecule has 0 aromatic heterocycles. The van der Waals surface area contributed by atoms with Gasteiger partial charge in [-0.1, -0.05) is 13.3 Å². The van der Waals surface area contributed by atoms with Gasteiger partial charge in [-0.15, -0.1) is 0 Å². The maximum absolute atomic E-state index is 13.2. The highest BCUT2D eigenvalue weighted by Gasteiger charge is 2.55. The molecule has 27 heavy (non-hydrogen) atoms. The van der Waals surface area contributed by atoms with Crippen molar-refractivity contribution >= 4 is 11.6 Å². The van der Waals surface area contributed by atoms with Crippen molar-refractivity contribution in [3.8, 4) is 6.07 Å². The number of carbonyl (C=O) groups excluding carboxylic acids is 2. The third-order valence-corrected chi connectivity index (χ3v) is 5.95. The third-order valence-electron chi connectivity index (χ3n) is 5.95. The third kappa shape index (κ3) is 2.92. The van der Waals surface area contributed by atoms with E-state index in [0.29, 0.717) is 29.9 Å². The van der Waals surface area contributed by atoms with Crippen molar-refractivity contribution in [1.82, 2.24) is 9.80 Å². The molecule has 2 aliphatic heterocycles. The Labute approximate surface area is 160 Å². The standard InChI is InChI=1S/C20H27N3O4/c1-6-7-8-27-20-15-14(18(25)19(26-5)11(2)17(15)24)13-10-22(3)12(9-21)16(20)23(13)4/h12-13,16,20H,6-8,10H2,1-5H3/t12-,13-,16+,20-/m0/s1. The zero-order chi connectivity index (χ0) is 19.9. The smallest absolute Gasteiger partial charge is 0.226 e. The molecule has 7 nitrogen and oxygen atoms in total. The summed E-state index contributed by atoms with van der Waals surface area (Å²) >= 11 is 0. The van der Waals surface area contributed by atoms with Crippen LogP contribution in [0.25, 0.3) is 0 Å². The van der Waals surface area contributed by atoms with E-state index in [1.165, 1.54) is 7.11 Å². The highest BCUT2D eigenvalue weighted by molar-refractivity contribution is 6.25. The van der Waals surface area contributed by atoms with Gasteiger partial charge in [-0.05, 0) is 27.4 Å². The highest BCUT2D eigenvalue weighted by atomic mass is 16.5. The molecule has 0 amide bonds. The predicted molar refractivity (Wildman–Crippen MR) is 98.8 cm³/mol. The topological polar surface area (TPSA) is 82.9 Å². The molecule has 0 aromatic rings. The van der Waals surface area contributed by atoms with Gasteiger partial charge in [-0.2, -0.15) is 5.26 Å². The molecule has 0 N–H and O–H groups in total. The predicted octanol–water partition coefficient (Wildman–Crippen LogP) is 1.06. The van der Waals surface area contributed by atoms with E-state index < -0.39 is 12.1 Å². The highest BCUT2D eigenvalue weighted by Crippen LogP contribution is 2.41. The van der Waals surface area contributed by atoms with Crippen LogP contribution in [-0.2, 0) is 19.1 Å². The summed E-state index contributed by atoms with van der Waals surface area (Å²) in [5.74, 6) is -0.331. The van der Waals surface area contributed by atoms with Gasteiger partial charge in [-0.3, -0.25) is 19.4 Å². The Morgan fingerprint density at radius 3 is 2.52 bits per heavy atom. The number of ketones is 2. The van der Waals surface area contributed by atoms with Crippen molar-refractivity contribution in [1.29, 1.82) is 5.26 Å². The number of nitrogens with zero attached hydrogens (tertiary/aromatic N) is 3. The number of allylic oxidation sites excluding steroid dienone is 2. The van der Waals surface area contributed by atoms with Gasteiger partial charge < -0.3 is 9.47 Å². The molecule has 2 heterocycles. The fourth-order valence-electron chi connectivity index (χ4n) is 4.46. The SMILES string of the molecule is CCCCO[C@H]1C2=C(C(=O)C(OC)=C(C)C2=O)[C@@H]2CN(C)[C@@H](C#N)[C@H]1N2C. The Balaban J connectivity index is 2.15. The van der Waals surface area contributed by atoms with E-state index in [2.05, 4.69) is 13.0 Å². The fraction of sp³-hybridized carbons (Fsp3) is 0.650. The Hall–Kier alpha value is -2.01. The number of ether oxygens (including phenoxy) is 2. The van der Waals surface area contributed by atoms with Crippen LogP contribution in [0.1, 0.15) is 26.7 Å². The van der Waals surface area contributed by atoms with Crippen LogP contribution in [-0.4, -0.2) is 80.0 Å². The number of fused-ring (bicyclic) bond motifs is 3. The molecular formula is C20H27N3O4. The number of piperazine rings is 1. The number of nitriles is 1. The minimum Gasteiger partial charge on any atom is -0.492 e. The quantitative estimate of drug-likeness (QED) is 0.526. The zero-order valence-corrected chi connectivity index (χ0v) is 16.6. The van der Waals surface area contributed by atoms with Crippen molar-refractivity contribution in [3.05, 3.63) is 22.5 Å². The molecule has 4 atom stereocenters. The molecule has 0 aromatic carbocycles. The van der Waals surface area contributed by atoms with Crippen LogP contribution in [0, 0.1) is 11.3 Å². The second-order valence-corrected chi connectivity index (χ2v) is 7.47. The summed E-state index contributed by atoms with van der Waals surface area (Å²) in [6.45, 7) is 4.67. The molecule has 1 saturated heterocycles. The van der Waals surface area contributed by atoms with Gasteiger partial charge in [0.05, 0.1) is 25.3 Å². The zero-order valence-electron chi connectivity index (χ0n) is 16.6. The van der Waals surface area contributed by atoms with Crippen LogP contribution >= 0.6 is 0 Å². The molecule has 7 heteroatoms. The first kappa shape index (κ1) is 19.7. The van der Waals surface area contributed by atoms with Crippen LogP contribution in [0.2, 0.25) is 0 Å². The van der Waals surface area contributed by atoms with Gasteiger partial charge in [0.2, 0.25) is 5.78 Å². The number of carbonyl (C=O) groups is 2. The van der Waals surface area contributed by atoms with Gasteiger partial charge in [-0.25, -0.2) is 0 Å². The molecule has 146 valence electrons. The molecule has 1 fully saturated rings. The van der Waals surface area contributed by atoms with E-state index in [1.807, 2.05) is 23.9 Å². The van der Waals surface area contributed by atoms with Crippen molar-refractivity contribution < 1.29 is 19.1 Å². The molecule has 0 saturated carbocycles. The second-order valence-electron chi connectivity index (χ2n) is 7.47. The van der Waals surface area contributed by atoms with Crippen LogP contribution < -0.4 is 0 Å². The van der Waals surface area contributed by atoms with Crippen LogP contribution in [0.3, 0.4) is 0 Å². The number of methoxy groups -OCH3 is 1. The van der Waals surface area contributed by atoms with Gasteiger partial charge in [0, 0.05) is 29.9 Å². The van der Waals surface area contributed by atoms with Crippen molar-refractivity contribution in [3.63, 3.8) is 0 Å². The van der Waals surface area contributed by atoms with E-state index in [1.54, 1.807) is 6.92 Å². The number of hydrogen-bond donors (Lipinski definition) is 0. The largest absolute Gasteiger partial charge is 0.492 e. The first-order valence-electron chi connectivity index (χ1n) is 9.40. The molecule has 0 unspecified atom stereocenters. The Morgan fingerprint density at radius 1 is 1.22 bits per heavy atom. The lowest BCUT2D eigenvalue weighted by Gasteiger charge is -2.54. The van der Waals surface area contributed by atoms with Crippen LogP contribution in [0.15, 0.2) is 22.5 Å². The van der Waals surface area contributed by atoms with Crippen molar-refractivity contribution in [2.45, 2.75) is 50.9 Å². The van der Waals surface area contributed by atoms with Gasteiger partial charge in [0.15, 0.2) is 11.5 Å². The molecule has 0 radical (unpaired) electrons. The fourth-order valence-corrected chi connectivity index (χ4v) is 4.46. The monoisotopic (exact) mass is 373 g/mol. The molecular weight excluding hydrogens is 346 g/mol. The lowest BCUT2D eigenvalue weighted by atomic mass is 9.73. The lowest BCUT2D eigenvalue weighted by Crippen LogP contribution is -2.70. The summed E-state index contributed by atoms with van der Waals surface area (Å²) in [5.41, 5.74) is 1.21. The molecule has 0 spiro atoms. The summed E-state index contributed by atoms with van der Waals surface area (Å²) in [6.07, 6.45) is 1.21. The Morgan fingerprint density at radius 2 is 1.93 bits per heavy atom. The Kier molecular flexibility index (Phi) is 5.52. The maximum atomic E-state index is 13.2. The second kappa shape index (κ2) is 7.55. The number of rotatable bonds is 5. The van der Waals surface area contributed by atoms with E-state index >= 15 is 0 Å². The van der Waals surface area contributed by atoms with Gasteiger partial charge in [0.25, 0.3) is 0 Å². The van der Waals surface area contributed by atoms with E-state index in [4.69, 9.17) is 9.47 Å². The number of Topliss-reactive ketones (excluding diaryl/α,β-unsaturated/α-hetero) is 2. The van der Waals surface area contributed by atoms with E-state index in [0.717, 1.165) is 12.8 Å². The lowest BCUT2D eigenvalue weighted by molar-refractivity contribution is -0.125. The van der Waals surface area contributed by atoms with Gasteiger partial charge in [0.1, 0.15) is 12.1 Å². The number of likely N-dealkylation sites (N-methyl/N-ethyl adjacent to an activating group) is 2. The maximum Gasteiger partial charge on any atom is 0.226 e. The Bertz CT molecular complexity index is 764. The van der Waals surface area contributed by atoms with Gasteiger partial charge >= 0.3 is 0 Å². The molecule has 2 bridgehead atoms. The van der Waals surface area contributed by atoms with Crippen LogP contribution in [0.4, 0.5) is 0 Å². The molecule has 3 rings (SSSR count). The number of unbranched alkanes of at least 4 members (excludes halogenated alkanes) is 1. The average molecular weight is 373 g/mol. The summed E-state index contributed by atoms with van der Waals surface area (Å²) in [7, 11) is 5.20. The van der Waals surface area contributed by atoms with Crippen molar-refractivity contribution in [2.75, 3.05) is 34.4 Å². The summed E-state index contributed by atoms with van der Waals surface area (Å²) in [4.78, 5) is 30.3. The van der Waals surface area contributed by atoms with E-state index in [9.17, 15) is 14.9 Å². The van der Waals surface area contributed by atoms with Crippen LogP contribution in [0.5, 0.6) is 0 Å². The average Bonchev–Trinajstić information content (AvgIpc) is 2.63. The number of hydrogen-bond acceptors (Lipinski definition) is 7. The molecule has 3 aliphatic rings. The summed E-state index contributed by atoms with van der Waals surface area (Å²) in [5, 5.41) is 9.76. The van der Waals surface area contributed by atoms with Crippen molar-refractivity contribution in [2.24, 2.45) is 0 Å². The summed E-state index contributed by atoms with van der Waals surface area (Å²) < 4.78 is 11.4. The minimum absolute atomic E-state index is 0.114. The molecule has 1 aliphatic carbocycles. The first-order chi connectivity index (χ1) is 12.9. The minimum atomic E-state index is -0.606. The first-order valence-corrected chi connectivity index (χ1v) is 9.40. The van der Waals surface area contributed by atoms with E-state index in [-0.39, 0.29) is 29.4 Å². The summed E-state index contributed by atoms with van der Waals surface area (Å²) in [6, 6.07) is 1.38. The normalized spacial score (nSPS) is 31.9.